The van der Waals surface area contributed by atoms with Crippen molar-refractivity contribution in [3.05, 3.63) is 47.0 Å². The first-order valence-corrected chi connectivity index (χ1v) is 6.56. The highest BCUT2D eigenvalue weighted by Crippen LogP contribution is 2.43. The fraction of sp³-hybridized carbons (Fsp3) is 0.357. The van der Waals surface area contributed by atoms with Crippen molar-refractivity contribution in [2.75, 3.05) is 0 Å². The predicted molar refractivity (Wildman–Crippen MR) is 68.4 cm³/mol. The number of hydrogen-bond acceptors (Lipinski definition) is 2. The molecule has 2 N–H and O–H groups in total. The lowest BCUT2D eigenvalue weighted by molar-refractivity contribution is -0.141. The summed E-state index contributed by atoms with van der Waals surface area (Å²) in [6.45, 7) is 0.166. The molecule has 112 valence electrons. The van der Waals surface area contributed by atoms with Crippen LogP contribution in [0, 0.1) is 5.82 Å². The van der Waals surface area contributed by atoms with E-state index in [1.54, 1.807) is 6.07 Å². The van der Waals surface area contributed by atoms with Crippen LogP contribution >= 0.6 is 0 Å². The summed E-state index contributed by atoms with van der Waals surface area (Å²) in [6.07, 6.45) is -2.94. The summed E-state index contributed by atoms with van der Waals surface area (Å²) < 4.78 is 53.6. The maximum Gasteiger partial charge on any atom is 0.435 e. The van der Waals surface area contributed by atoms with E-state index < -0.39 is 17.7 Å². The Kier molecular flexibility index (Phi) is 3.24. The summed E-state index contributed by atoms with van der Waals surface area (Å²) >= 11 is 0. The first kappa shape index (κ1) is 14.1. The average molecular weight is 299 g/mol. The lowest BCUT2D eigenvalue weighted by atomic mass is 10.2. The fourth-order valence-electron chi connectivity index (χ4n) is 2.25. The highest BCUT2D eigenvalue weighted by Gasteiger charge is 2.38. The maximum atomic E-state index is 14.1. The molecule has 0 saturated heterocycles. The van der Waals surface area contributed by atoms with Crippen molar-refractivity contribution in [3.8, 4) is 5.69 Å². The molecule has 0 bridgehead atoms. The second-order valence-corrected chi connectivity index (χ2v) is 5.13. The quantitative estimate of drug-likeness (QED) is 0.883. The molecule has 3 nitrogen and oxygen atoms in total. The lowest BCUT2D eigenvalue weighted by Crippen LogP contribution is -2.09. The summed E-state index contributed by atoms with van der Waals surface area (Å²) in [5, 5.41) is 3.55. The molecule has 0 aliphatic heterocycles. The Balaban J connectivity index is 2.11. The van der Waals surface area contributed by atoms with Crippen LogP contribution in [0.1, 0.15) is 35.7 Å². The van der Waals surface area contributed by atoms with Gasteiger partial charge in [-0.15, -0.1) is 0 Å². The number of nitrogens with zero attached hydrogens (tertiary/aromatic N) is 2. The van der Waals surface area contributed by atoms with Gasteiger partial charge in [-0.2, -0.15) is 18.3 Å². The van der Waals surface area contributed by atoms with Gasteiger partial charge in [-0.1, -0.05) is 6.07 Å². The van der Waals surface area contributed by atoms with Gasteiger partial charge in [0.05, 0.1) is 0 Å². The van der Waals surface area contributed by atoms with Crippen molar-refractivity contribution < 1.29 is 17.6 Å². The van der Waals surface area contributed by atoms with Gasteiger partial charge in [0.1, 0.15) is 11.5 Å². The van der Waals surface area contributed by atoms with Crippen molar-refractivity contribution in [1.82, 2.24) is 9.78 Å². The number of rotatable bonds is 3. The normalized spacial score (nSPS) is 15.5. The molecule has 2 aromatic rings. The third kappa shape index (κ3) is 2.65. The second-order valence-electron chi connectivity index (χ2n) is 5.13. The van der Waals surface area contributed by atoms with Gasteiger partial charge in [0.15, 0.2) is 5.69 Å². The number of benzene rings is 1. The molecule has 0 spiro atoms. The van der Waals surface area contributed by atoms with E-state index in [9.17, 15) is 17.6 Å². The Labute approximate surface area is 118 Å². The van der Waals surface area contributed by atoms with Crippen LogP contribution in [0.3, 0.4) is 0 Å². The van der Waals surface area contributed by atoms with Crippen LogP contribution in [0.15, 0.2) is 24.3 Å². The predicted octanol–water partition coefficient (Wildman–Crippen LogP) is 3.37. The molecule has 1 fully saturated rings. The minimum atomic E-state index is -4.54. The van der Waals surface area contributed by atoms with Gasteiger partial charge in [0.25, 0.3) is 0 Å². The third-order valence-electron chi connectivity index (χ3n) is 3.50. The summed E-state index contributed by atoms with van der Waals surface area (Å²) in [4.78, 5) is 0. The van der Waals surface area contributed by atoms with Crippen LogP contribution in [-0.2, 0) is 12.7 Å². The van der Waals surface area contributed by atoms with E-state index in [0.29, 0.717) is 11.3 Å². The van der Waals surface area contributed by atoms with E-state index in [-0.39, 0.29) is 18.2 Å². The van der Waals surface area contributed by atoms with Gasteiger partial charge >= 0.3 is 6.18 Å². The van der Waals surface area contributed by atoms with E-state index in [1.165, 1.54) is 12.1 Å². The van der Waals surface area contributed by atoms with Crippen LogP contribution in [-0.4, -0.2) is 9.78 Å². The second kappa shape index (κ2) is 4.84. The molecule has 1 aromatic heterocycles. The molecule has 7 heteroatoms. The van der Waals surface area contributed by atoms with Crippen molar-refractivity contribution in [3.63, 3.8) is 0 Å². The third-order valence-corrected chi connectivity index (χ3v) is 3.50. The van der Waals surface area contributed by atoms with Crippen LogP contribution in [0.4, 0.5) is 17.6 Å². The van der Waals surface area contributed by atoms with Gasteiger partial charge in [-0.3, -0.25) is 0 Å². The summed E-state index contributed by atoms with van der Waals surface area (Å²) in [6, 6.07) is 5.23. The Morgan fingerprint density at radius 2 is 1.95 bits per heavy atom. The lowest BCUT2D eigenvalue weighted by Gasteiger charge is -2.09. The zero-order chi connectivity index (χ0) is 15.2. The molecule has 0 atom stereocenters. The molecule has 1 saturated carbocycles. The Morgan fingerprint density at radius 3 is 2.48 bits per heavy atom. The Bertz CT molecular complexity index is 671. The monoisotopic (exact) mass is 299 g/mol. The molecule has 1 aliphatic carbocycles. The highest BCUT2D eigenvalue weighted by atomic mass is 19.4. The van der Waals surface area contributed by atoms with Crippen LogP contribution in [0.2, 0.25) is 0 Å². The summed E-state index contributed by atoms with van der Waals surface area (Å²) in [7, 11) is 0. The first-order chi connectivity index (χ1) is 9.90. The first-order valence-electron chi connectivity index (χ1n) is 6.56. The fourth-order valence-corrected chi connectivity index (χ4v) is 2.25. The SMILES string of the molecule is NCc1ccc(-n2nc(C(F)(F)F)cc2C2CC2)c(F)c1. The Morgan fingerprint density at radius 1 is 1.24 bits per heavy atom. The zero-order valence-electron chi connectivity index (χ0n) is 11.0. The van der Waals surface area contributed by atoms with Crippen LogP contribution < -0.4 is 5.73 Å². The van der Waals surface area contributed by atoms with Gasteiger partial charge in [0, 0.05) is 18.2 Å². The smallest absolute Gasteiger partial charge is 0.326 e. The van der Waals surface area contributed by atoms with E-state index in [4.69, 9.17) is 5.73 Å². The minimum absolute atomic E-state index is 0.0159. The van der Waals surface area contributed by atoms with Gasteiger partial charge in [-0.05, 0) is 36.6 Å². The molecule has 1 heterocycles. The van der Waals surface area contributed by atoms with E-state index in [2.05, 4.69) is 5.10 Å². The van der Waals surface area contributed by atoms with Crippen molar-refractivity contribution >= 4 is 0 Å². The van der Waals surface area contributed by atoms with Crippen molar-refractivity contribution in [1.29, 1.82) is 0 Å². The van der Waals surface area contributed by atoms with Crippen molar-refractivity contribution in [2.45, 2.75) is 31.5 Å². The molecular weight excluding hydrogens is 286 g/mol. The van der Waals surface area contributed by atoms with E-state index in [1.807, 2.05) is 0 Å². The van der Waals surface area contributed by atoms with E-state index >= 15 is 0 Å². The largest absolute Gasteiger partial charge is 0.435 e. The molecule has 3 rings (SSSR count). The number of hydrogen-bond donors (Lipinski definition) is 1. The van der Waals surface area contributed by atoms with Crippen molar-refractivity contribution in [2.24, 2.45) is 5.73 Å². The number of alkyl halides is 3. The molecule has 1 aromatic carbocycles. The summed E-state index contributed by atoms with van der Waals surface area (Å²) in [5.74, 6) is -0.612. The Hall–Kier alpha value is -1.89. The number of halogens is 4. The molecule has 1 aliphatic rings. The summed E-state index contributed by atoms with van der Waals surface area (Å²) in [5.41, 5.74) is 5.42. The maximum absolute atomic E-state index is 14.1. The minimum Gasteiger partial charge on any atom is -0.326 e. The molecule has 21 heavy (non-hydrogen) atoms. The zero-order valence-corrected chi connectivity index (χ0v) is 11.0. The van der Waals surface area contributed by atoms with Crippen LogP contribution in [0.5, 0.6) is 0 Å². The molecular formula is C14H13F4N3. The molecule has 0 radical (unpaired) electrons. The highest BCUT2D eigenvalue weighted by molar-refractivity contribution is 5.39. The number of aromatic nitrogens is 2. The average Bonchev–Trinajstić information content (AvgIpc) is 3.16. The standard InChI is InChI=1S/C14H13F4N3/c15-10-5-8(7-19)1-4-11(10)21-12(9-2-3-9)6-13(20-21)14(16,17)18/h1,4-6,9H,2-3,7,19H2. The van der Waals surface area contributed by atoms with Gasteiger partial charge < -0.3 is 5.73 Å². The van der Waals surface area contributed by atoms with Gasteiger partial charge in [-0.25, -0.2) is 9.07 Å². The number of nitrogens with two attached hydrogens (primary N) is 1. The molecule has 0 unspecified atom stereocenters. The molecule has 0 amide bonds. The topological polar surface area (TPSA) is 43.8 Å². The van der Waals surface area contributed by atoms with E-state index in [0.717, 1.165) is 23.6 Å². The van der Waals surface area contributed by atoms with Crippen LogP contribution in [0.25, 0.3) is 5.69 Å². The van der Waals surface area contributed by atoms with Gasteiger partial charge in [0.2, 0.25) is 0 Å².